The summed E-state index contributed by atoms with van der Waals surface area (Å²) < 4.78 is 5.76. The standard InChI is InChI=1S/C19H18N2O2/c1-13-11-15-7-3-5-9-17(15)21(13)19(22)14(2)23-18-10-6-4-8-16(18)12-20/h3-10,13-14H,11H2,1-2H3/t13-,14+/m0/s1. The molecule has 0 saturated heterocycles. The first-order valence-corrected chi connectivity index (χ1v) is 7.68. The van der Waals surface area contributed by atoms with Crippen molar-refractivity contribution in [3.8, 4) is 11.8 Å². The zero-order valence-corrected chi connectivity index (χ0v) is 13.2. The van der Waals surface area contributed by atoms with E-state index in [9.17, 15) is 4.79 Å². The molecule has 0 N–H and O–H groups in total. The van der Waals surface area contributed by atoms with Gasteiger partial charge in [-0.15, -0.1) is 0 Å². The Labute approximate surface area is 135 Å². The number of carbonyl (C=O) groups excluding carboxylic acids is 1. The van der Waals surface area contributed by atoms with E-state index in [2.05, 4.69) is 12.1 Å². The van der Waals surface area contributed by atoms with Crippen molar-refractivity contribution in [1.29, 1.82) is 5.26 Å². The molecule has 0 saturated carbocycles. The molecule has 0 fully saturated rings. The Bertz CT molecular complexity index is 779. The molecule has 3 rings (SSSR count). The van der Waals surface area contributed by atoms with E-state index in [1.54, 1.807) is 36.1 Å². The summed E-state index contributed by atoms with van der Waals surface area (Å²) in [4.78, 5) is 14.6. The van der Waals surface area contributed by atoms with Crippen LogP contribution in [0.2, 0.25) is 0 Å². The molecule has 0 spiro atoms. The normalized spacial score (nSPS) is 17.3. The first-order chi connectivity index (χ1) is 11.1. The Morgan fingerprint density at radius 2 is 1.96 bits per heavy atom. The monoisotopic (exact) mass is 306 g/mol. The average Bonchev–Trinajstić information content (AvgIpc) is 2.90. The van der Waals surface area contributed by atoms with Gasteiger partial charge in [0.05, 0.1) is 5.56 Å². The molecule has 0 aromatic heterocycles. The fraction of sp³-hybridized carbons (Fsp3) is 0.263. The lowest BCUT2D eigenvalue weighted by molar-refractivity contribution is -0.124. The minimum absolute atomic E-state index is 0.0878. The zero-order chi connectivity index (χ0) is 16.4. The number of hydrogen-bond acceptors (Lipinski definition) is 3. The molecule has 1 heterocycles. The molecule has 0 unspecified atom stereocenters. The summed E-state index contributed by atoms with van der Waals surface area (Å²) in [7, 11) is 0. The lowest BCUT2D eigenvalue weighted by Gasteiger charge is -2.26. The van der Waals surface area contributed by atoms with E-state index in [1.807, 2.05) is 25.1 Å². The summed E-state index contributed by atoms with van der Waals surface area (Å²) in [5, 5.41) is 9.13. The summed E-state index contributed by atoms with van der Waals surface area (Å²) in [6.45, 7) is 3.76. The van der Waals surface area contributed by atoms with Crippen LogP contribution in [0.25, 0.3) is 0 Å². The topological polar surface area (TPSA) is 53.3 Å². The van der Waals surface area contributed by atoms with Gasteiger partial charge in [0.1, 0.15) is 11.8 Å². The molecule has 2 aromatic carbocycles. The molecule has 0 radical (unpaired) electrons. The molecule has 1 aliphatic rings. The molecular formula is C19H18N2O2. The highest BCUT2D eigenvalue weighted by Gasteiger charge is 2.34. The van der Waals surface area contributed by atoms with Crippen molar-refractivity contribution in [3.63, 3.8) is 0 Å². The van der Waals surface area contributed by atoms with Gasteiger partial charge in [-0.05, 0) is 44.0 Å². The quantitative estimate of drug-likeness (QED) is 0.874. The van der Waals surface area contributed by atoms with Crippen LogP contribution in [0, 0.1) is 11.3 Å². The van der Waals surface area contributed by atoms with Gasteiger partial charge in [0, 0.05) is 11.7 Å². The SMILES string of the molecule is C[C@@H](Oc1ccccc1C#N)C(=O)N1c2ccccc2C[C@@H]1C. The Balaban J connectivity index is 1.82. The number of para-hydroxylation sites is 2. The maximum absolute atomic E-state index is 12.8. The van der Waals surface area contributed by atoms with Crippen molar-refractivity contribution in [2.45, 2.75) is 32.4 Å². The number of benzene rings is 2. The number of carbonyl (C=O) groups is 1. The molecule has 0 aliphatic carbocycles. The Morgan fingerprint density at radius 1 is 1.26 bits per heavy atom. The van der Waals surface area contributed by atoms with Gasteiger partial charge in [0.15, 0.2) is 6.10 Å². The van der Waals surface area contributed by atoms with Crippen LogP contribution in [0.1, 0.15) is 25.0 Å². The fourth-order valence-corrected chi connectivity index (χ4v) is 3.00. The first-order valence-electron chi connectivity index (χ1n) is 7.68. The summed E-state index contributed by atoms with van der Waals surface area (Å²) >= 11 is 0. The van der Waals surface area contributed by atoms with E-state index < -0.39 is 6.10 Å². The van der Waals surface area contributed by atoms with Crippen molar-refractivity contribution in [2.75, 3.05) is 4.90 Å². The van der Waals surface area contributed by atoms with Crippen LogP contribution >= 0.6 is 0 Å². The second kappa shape index (κ2) is 6.13. The van der Waals surface area contributed by atoms with E-state index >= 15 is 0 Å². The summed E-state index contributed by atoms with van der Waals surface area (Å²) in [5.41, 5.74) is 2.56. The van der Waals surface area contributed by atoms with Crippen LogP contribution in [-0.4, -0.2) is 18.1 Å². The Kier molecular flexibility index (Phi) is 4.03. The second-order valence-electron chi connectivity index (χ2n) is 5.76. The molecule has 0 bridgehead atoms. The predicted molar refractivity (Wildman–Crippen MR) is 88.3 cm³/mol. The molecular weight excluding hydrogens is 288 g/mol. The van der Waals surface area contributed by atoms with E-state index in [0.29, 0.717) is 11.3 Å². The summed E-state index contributed by atoms with van der Waals surface area (Å²) in [6, 6.07) is 17.1. The highest BCUT2D eigenvalue weighted by atomic mass is 16.5. The number of rotatable bonds is 3. The van der Waals surface area contributed by atoms with Gasteiger partial charge in [0.25, 0.3) is 5.91 Å². The van der Waals surface area contributed by atoms with Gasteiger partial charge in [-0.1, -0.05) is 30.3 Å². The van der Waals surface area contributed by atoms with Gasteiger partial charge in [0.2, 0.25) is 0 Å². The zero-order valence-electron chi connectivity index (χ0n) is 13.2. The molecule has 2 aromatic rings. The molecule has 4 heteroatoms. The van der Waals surface area contributed by atoms with Crippen LogP contribution < -0.4 is 9.64 Å². The number of nitrogens with zero attached hydrogens (tertiary/aromatic N) is 2. The molecule has 1 amide bonds. The summed E-state index contributed by atoms with van der Waals surface area (Å²) in [5.74, 6) is 0.353. The van der Waals surface area contributed by atoms with Gasteiger partial charge in [-0.25, -0.2) is 0 Å². The predicted octanol–water partition coefficient (Wildman–Crippen LogP) is 3.30. The molecule has 23 heavy (non-hydrogen) atoms. The Morgan fingerprint density at radius 3 is 2.74 bits per heavy atom. The number of hydrogen-bond donors (Lipinski definition) is 0. The van der Waals surface area contributed by atoms with Gasteiger partial charge < -0.3 is 9.64 Å². The van der Waals surface area contributed by atoms with Crippen LogP contribution in [0.5, 0.6) is 5.75 Å². The third-order valence-electron chi connectivity index (χ3n) is 4.10. The minimum Gasteiger partial charge on any atom is -0.479 e. The van der Waals surface area contributed by atoms with Crippen molar-refractivity contribution in [2.24, 2.45) is 0 Å². The van der Waals surface area contributed by atoms with E-state index in [-0.39, 0.29) is 11.9 Å². The molecule has 116 valence electrons. The third-order valence-corrected chi connectivity index (χ3v) is 4.10. The maximum atomic E-state index is 12.8. The van der Waals surface area contributed by atoms with E-state index in [0.717, 1.165) is 12.1 Å². The molecule has 4 nitrogen and oxygen atoms in total. The number of amides is 1. The van der Waals surface area contributed by atoms with E-state index in [1.165, 1.54) is 5.56 Å². The van der Waals surface area contributed by atoms with Gasteiger partial charge in [-0.3, -0.25) is 4.79 Å². The van der Waals surface area contributed by atoms with E-state index in [4.69, 9.17) is 10.00 Å². The van der Waals surface area contributed by atoms with Gasteiger partial charge in [-0.2, -0.15) is 5.26 Å². The van der Waals surface area contributed by atoms with Crippen LogP contribution in [-0.2, 0) is 11.2 Å². The fourth-order valence-electron chi connectivity index (χ4n) is 3.00. The molecule has 2 atom stereocenters. The largest absolute Gasteiger partial charge is 0.479 e. The maximum Gasteiger partial charge on any atom is 0.268 e. The van der Waals surface area contributed by atoms with Gasteiger partial charge >= 0.3 is 0 Å². The average molecular weight is 306 g/mol. The first kappa shape index (κ1) is 15.1. The minimum atomic E-state index is -0.655. The number of nitriles is 1. The van der Waals surface area contributed by atoms with Crippen LogP contribution in [0.4, 0.5) is 5.69 Å². The summed E-state index contributed by atoms with van der Waals surface area (Å²) in [6.07, 6.45) is 0.196. The second-order valence-corrected chi connectivity index (χ2v) is 5.76. The van der Waals surface area contributed by atoms with Crippen LogP contribution in [0.15, 0.2) is 48.5 Å². The highest BCUT2D eigenvalue weighted by Crippen LogP contribution is 2.32. The van der Waals surface area contributed by atoms with Crippen molar-refractivity contribution in [3.05, 3.63) is 59.7 Å². The number of ether oxygens (including phenoxy) is 1. The van der Waals surface area contributed by atoms with Crippen molar-refractivity contribution >= 4 is 11.6 Å². The van der Waals surface area contributed by atoms with Crippen molar-refractivity contribution < 1.29 is 9.53 Å². The molecule has 1 aliphatic heterocycles. The van der Waals surface area contributed by atoms with Crippen LogP contribution in [0.3, 0.4) is 0 Å². The number of anilines is 1. The lowest BCUT2D eigenvalue weighted by atomic mass is 10.1. The Hall–Kier alpha value is -2.80. The highest BCUT2D eigenvalue weighted by molar-refractivity contribution is 5.99. The smallest absolute Gasteiger partial charge is 0.268 e. The van der Waals surface area contributed by atoms with Crippen molar-refractivity contribution in [1.82, 2.24) is 0 Å². The number of fused-ring (bicyclic) bond motifs is 1. The lowest BCUT2D eigenvalue weighted by Crippen LogP contribution is -2.43. The third kappa shape index (κ3) is 2.78.